The van der Waals surface area contributed by atoms with Gasteiger partial charge in [-0.15, -0.1) is 0 Å². The maximum Gasteiger partial charge on any atom is 0.141 e. The third kappa shape index (κ3) is 2.27. The largest absolute Gasteiger partial charge is 0.497 e. The predicted molar refractivity (Wildman–Crippen MR) is 57.3 cm³/mol. The summed E-state index contributed by atoms with van der Waals surface area (Å²) in [5, 5.41) is 0. The Labute approximate surface area is 89.0 Å². The van der Waals surface area contributed by atoms with Gasteiger partial charge in [0.15, 0.2) is 0 Å². The quantitative estimate of drug-likeness (QED) is 0.757. The highest BCUT2D eigenvalue weighted by molar-refractivity contribution is 5.65. The first-order valence-electron chi connectivity index (χ1n) is 4.57. The van der Waals surface area contributed by atoms with Gasteiger partial charge < -0.3 is 20.0 Å². The van der Waals surface area contributed by atoms with E-state index in [1.807, 2.05) is 13.0 Å². The Bertz CT molecular complexity index is 363. The lowest BCUT2D eigenvalue weighted by Crippen LogP contribution is -2.14. The summed E-state index contributed by atoms with van der Waals surface area (Å²) in [5.41, 5.74) is 7.26. The molecule has 4 heteroatoms. The van der Waals surface area contributed by atoms with Crippen molar-refractivity contribution in [3.63, 3.8) is 0 Å². The van der Waals surface area contributed by atoms with Gasteiger partial charge in [-0.3, -0.25) is 0 Å². The molecule has 0 spiro atoms. The smallest absolute Gasteiger partial charge is 0.141 e. The molecule has 15 heavy (non-hydrogen) atoms. The molecule has 0 aliphatic carbocycles. The lowest BCUT2D eigenvalue weighted by atomic mass is 10.0. The number of rotatable bonds is 4. The Morgan fingerprint density at radius 1 is 1.33 bits per heavy atom. The molecule has 1 unspecified atom stereocenters. The average molecular weight is 209 g/mol. The summed E-state index contributed by atoms with van der Waals surface area (Å²) in [6.45, 7) is 1.86. The zero-order valence-corrected chi connectivity index (χ0v) is 9.11. The Hall–Kier alpha value is -1.55. The summed E-state index contributed by atoms with van der Waals surface area (Å²) in [6, 6.07) is 2.87. The van der Waals surface area contributed by atoms with Crippen LogP contribution in [0.3, 0.4) is 0 Å². The van der Waals surface area contributed by atoms with Crippen LogP contribution in [0.2, 0.25) is 0 Å². The number of benzene rings is 1. The van der Waals surface area contributed by atoms with Crippen LogP contribution in [0.4, 0.5) is 0 Å². The van der Waals surface area contributed by atoms with E-state index in [-0.39, 0.29) is 0 Å². The highest BCUT2D eigenvalue weighted by Crippen LogP contribution is 2.31. The lowest BCUT2D eigenvalue weighted by Gasteiger charge is -2.15. The van der Waals surface area contributed by atoms with Crippen LogP contribution in [0.25, 0.3) is 0 Å². The van der Waals surface area contributed by atoms with Crippen LogP contribution in [0, 0.1) is 6.92 Å². The Morgan fingerprint density at radius 3 is 2.47 bits per heavy atom. The van der Waals surface area contributed by atoms with Gasteiger partial charge in [-0.05, 0) is 18.6 Å². The molecule has 0 bridgehead atoms. The maximum atomic E-state index is 10.7. The molecular weight excluding hydrogens is 194 g/mol. The number of ether oxygens (including phenoxy) is 2. The van der Waals surface area contributed by atoms with Gasteiger partial charge in [-0.1, -0.05) is 0 Å². The molecule has 1 rings (SSSR count). The zero-order chi connectivity index (χ0) is 11.4. The minimum atomic E-state index is -0.661. The fourth-order valence-electron chi connectivity index (χ4n) is 1.52. The Morgan fingerprint density at radius 2 is 2.00 bits per heavy atom. The summed E-state index contributed by atoms with van der Waals surface area (Å²) < 4.78 is 10.3. The molecule has 1 atom stereocenters. The van der Waals surface area contributed by atoms with Gasteiger partial charge in [0.25, 0.3) is 0 Å². The molecule has 1 aromatic rings. The third-order valence-corrected chi connectivity index (χ3v) is 2.26. The number of aldehydes is 1. The van der Waals surface area contributed by atoms with Gasteiger partial charge in [0.2, 0.25) is 0 Å². The maximum absolute atomic E-state index is 10.7. The van der Waals surface area contributed by atoms with Crippen molar-refractivity contribution in [3.8, 4) is 11.5 Å². The van der Waals surface area contributed by atoms with Crippen molar-refractivity contribution < 1.29 is 14.3 Å². The summed E-state index contributed by atoms with van der Waals surface area (Å²) in [5.74, 6) is 1.26. The van der Waals surface area contributed by atoms with Crippen molar-refractivity contribution in [2.45, 2.75) is 13.0 Å². The fraction of sp³-hybridized carbons (Fsp3) is 0.364. The molecule has 2 N–H and O–H groups in total. The van der Waals surface area contributed by atoms with Gasteiger partial charge in [-0.25, -0.2) is 0 Å². The number of aryl methyl sites for hydroxylation is 1. The first kappa shape index (κ1) is 11.5. The second-order valence-corrected chi connectivity index (χ2v) is 3.22. The van der Waals surface area contributed by atoms with Crippen LogP contribution in [-0.2, 0) is 4.79 Å². The van der Waals surface area contributed by atoms with Gasteiger partial charge >= 0.3 is 0 Å². The molecule has 0 saturated heterocycles. The van der Waals surface area contributed by atoms with E-state index in [2.05, 4.69) is 0 Å². The summed E-state index contributed by atoms with van der Waals surface area (Å²) in [7, 11) is 3.11. The molecular formula is C11H15NO3. The van der Waals surface area contributed by atoms with Crippen molar-refractivity contribution in [2.75, 3.05) is 14.2 Å². The van der Waals surface area contributed by atoms with E-state index in [1.54, 1.807) is 13.2 Å². The molecule has 0 amide bonds. The van der Waals surface area contributed by atoms with Gasteiger partial charge in [0.1, 0.15) is 17.8 Å². The van der Waals surface area contributed by atoms with Gasteiger partial charge in [0, 0.05) is 11.6 Å². The Kier molecular flexibility index (Phi) is 3.68. The number of methoxy groups -OCH3 is 2. The minimum absolute atomic E-state index is 0.575. The molecule has 0 fully saturated rings. The molecule has 1 aromatic carbocycles. The normalized spacial score (nSPS) is 12.0. The fourth-order valence-corrected chi connectivity index (χ4v) is 1.52. The SMILES string of the molecule is COc1cc(C)c(C(N)C=O)c(OC)c1. The van der Waals surface area contributed by atoms with E-state index in [1.165, 1.54) is 7.11 Å². The molecule has 82 valence electrons. The molecule has 0 radical (unpaired) electrons. The van der Waals surface area contributed by atoms with Crippen molar-refractivity contribution in [3.05, 3.63) is 23.3 Å². The number of nitrogens with two attached hydrogens (primary N) is 1. The van der Waals surface area contributed by atoms with E-state index in [9.17, 15) is 4.79 Å². The Balaban J connectivity index is 3.30. The first-order chi connectivity index (χ1) is 7.13. The topological polar surface area (TPSA) is 61.5 Å². The van der Waals surface area contributed by atoms with Crippen molar-refractivity contribution >= 4 is 6.29 Å². The number of hydrogen-bond donors (Lipinski definition) is 1. The van der Waals surface area contributed by atoms with Crippen LogP contribution in [0.15, 0.2) is 12.1 Å². The van der Waals surface area contributed by atoms with Gasteiger partial charge in [-0.2, -0.15) is 0 Å². The monoisotopic (exact) mass is 209 g/mol. The van der Waals surface area contributed by atoms with Crippen molar-refractivity contribution in [2.24, 2.45) is 5.73 Å². The van der Waals surface area contributed by atoms with Crippen LogP contribution in [0.1, 0.15) is 17.2 Å². The summed E-state index contributed by atoms with van der Waals surface area (Å²) in [6.07, 6.45) is 0.692. The second-order valence-electron chi connectivity index (χ2n) is 3.22. The predicted octanol–water partition coefficient (Wildman–Crippen LogP) is 1.21. The van der Waals surface area contributed by atoms with Crippen LogP contribution in [-0.4, -0.2) is 20.5 Å². The van der Waals surface area contributed by atoms with Gasteiger partial charge in [0.05, 0.1) is 20.3 Å². The van der Waals surface area contributed by atoms with Crippen LogP contribution < -0.4 is 15.2 Å². The van der Waals surface area contributed by atoms with E-state index in [4.69, 9.17) is 15.2 Å². The van der Waals surface area contributed by atoms with Crippen LogP contribution >= 0.6 is 0 Å². The van der Waals surface area contributed by atoms with E-state index >= 15 is 0 Å². The molecule has 0 saturated carbocycles. The van der Waals surface area contributed by atoms with E-state index in [0.717, 1.165) is 5.56 Å². The summed E-state index contributed by atoms with van der Waals surface area (Å²) >= 11 is 0. The van der Waals surface area contributed by atoms with Crippen molar-refractivity contribution in [1.29, 1.82) is 0 Å². The second kappa shape index (κ2) is 4.79. The zero-order valence-electron chi connectivity index (χ0n) is 9.11. The molecule has 0 aromatic heterocycles. The number of carbonyl (C=O) groups excluding carboxylic acids is 1. The first-order valence-corrected chi connectivity index (χ1v) is 4.57. The van der Waals surface area contributed by atoms with E-state index in [0.29, 0.717) is 23.3 Å². The lowest BCUT2D eigenvalue weighted by molar-refractivity contribution is -0.109. The standard InChI is InChI=1S/C11H15NO3/c1-7-4-8(14-2)5-10(15-3)11(7)9(12)6-13/h4-6,9H,12H2,1-3H3. The molecule has 0 heterocycles. The van der Waals surface area contributed by atoms with E-state index < -0.39 is 6.04 Å². The molecule has 0 aliphatic rings. The molecule has 4 nitrogen and oxygen atoms in total. The minimum Gasteiger partial charge on any atom is -0.497 e. The average Bonchev–Trinajstić information content (AvgIpc) is 2.26. The van der Waals surface area contributed by atoms with Crippen LogP contribution in [0.5, 0.6) is 11.5 Å². The highest BCUT2D eigenvalue weighted by atomic mass is 16.5. The number of carbonyl (C=O) groups is 1. The third-order valence-electron chi connectivity index (χ3n) is 2.26. The molecule has 0 aliphatic heterocycles. The highest BCUT2D eigenvalue weighted by Gasteiger charge is 2.15. The number of hydrogen-bond acceptors (Lipinski definition) is 4. The van der Waals surface area contributed by atoms with Crippen molar-refractivity contribution in [1.82, 2.24) is 0 Å². The summed E-state index contributed by atoms with van der Waals surface area (Å²) in [4.78, 5) is 10.7.